The van der Waals surface area contributed by atoms with Gasteiger partial charge in [-0.05, 0) is 13.3 Å². The van der Waals surface area contributed by atoms with Crippen molar-refractivity contribution >= 4 is 11.8 Å². The molecule has 1 atom stereocenters. The van der Waals surface area contributed by atoms with E-state index in [0.29, 0.717) is 13.1 Å². The first-order valence-electron chi connectivity index (χ1n) is 4.42. The van der Waals surface area contributed by atoms with E-state index in [-0.39, 0.29) is 18.4 Å². The first kappa shape index (κ1) is 9.98. The third-order valence-electron chi connectivity index (χ3n) is 1.96. The molecular weight excluding hydrogens is 170 g/mol. The maximum atomic E-state index is 11.4. The number of carbonyl (C=O) groups excluding carboxylic acids is 2. The molecule has 0 saturated carbocycles. The Balaban J connectivity index is 2.57. The summed E-state index contributed by atoms with van der Waals surface area (Å²) < 4.78 is 0. The Labute approximate surface area is 77.3 Å². The summed E-state index contributed by atoms with van der Waals surface area (Å²) in [4.78, 5) is 24.0. The lowest BCUT2D eigenvalue weighted by molar-refractivity contribution is -0.135. The molecule has 1 rings (SSSR count). The van der Waals surface area contributed by atoms with Crippen molar-refractivity contribution < 1.29 is 9.59 Å². The van der Waals surface area contributed by atoms with E-state index in [9.17, 15) is 9.59 Å². The maximum Gasteiger partial charge on any atom is 0.239 e. The predicted molar refractivity (Wildman–Crippen MR) is 47.9 cm³/mol. The van der Waals surface area contributed by atoms with Crippen LogP contribution in [0, 0.1) is 0 Å². The Hall–Kier alpha value is -1.10. The molecule has 1 aliphatic heterocycles. The first-order valence-corrected chi connectivity index (χ1v) is 4.42. The van der Waals surface area contributed by atoms with Crippen LogP contribution in [0.1, 0.15) is 13.3 Å². The molecule has 3 N–H and O–H groups in total. The molecule has 13 heavy (non-hydrogen) atoms. The minimum Gasteiger partial charge on any atom is -0.354 e. The number of nitrogens with one attached hydrogen (secondary N) is 1. The van der Waals surface area contributed by atoms with Crippen molar-refractivity contribution in [1.82, 2.24) is 10.2 Å². The predicted octanol–water partition coefficient (Wildman–Crippen LogP) is -1.32. The highest BCUT2D eigenvalue weighted by atomic mass is 16.2. The van der Waals surface area contributed by atoms with E-state index in [2.05, 4.69) is 5.32 Å². The summed E-state index contributed by atoms with van der Waals surface area (Å²) in [5.41, 5.74) is 5.44. The minimum atomic E-state index is -0.522. The van der Waals surface area contributed by atoms with E-state index in [1.807, 2.05) is 0 Å². The zero-order valence-corrected chi connectivity index (χ0v) is 7.75. The highest BCUT2D eigenvalue weighted by molar-refractivity contribution is 5.87. The lowest BCUT2D eigenvalue weighted by atomic mass is 10.3. The van der Waals surface area contributed by atoms with Crippen LogP contribution >= 0.6 is 0 Å². The van der Waals surface area contributed by atoms with Crippen molar-refractivity contribution in [1.29, 1.82) is 0 Å². The summed E-state index contributed by atoms with van der Waals surface area (Å²) in [6.45, 7) is 3.02. The van der Waals surface area contributed by atoms with E-state index in [4.69, 9.17) is 5.73 Å². The molecule has 0 aromatic heterocycles. The van der Waals surface area contributed by atoms with Gasteiger partial charge < -0.3 is 16.0 Å². The number of hydrogen-bond acceptors (Lipinski definition) is 3. The fourth-order valence-electron chi connectivity index (χ4n) is 1.28. The van der Waals surface area contributed by atoms with Gasteiger partial charge in [-0.2, -0.15) is 0 Å². The number of hydrogen-bond donors (Lipinski definition) is 2. The molecule has 1 saturated heterocycles. The van der Waals surface area contributed by atoms with Gasteiger partial charge in [0.2, 0.25) is 11.8 Å². The van der Waals surface area contributed by atoms with Crippen LogP contribution in [-0.2, 0) is 9.59 Å². The molecular formula is C8H15N3O2. The topological polar surface area (TPSA) is 75.4 Å². The SMILES string of the molecule is CC(N)C(=O)N1CCCNC(=O)C1. The fraction of sp³-hybridized carbons (Fsp3) is 0.750. The third kappa shape index (κ3) is 2.69. The van der Waals surface area contributed by atoms with Crippen molar-refractivity contribution in [3.05, 3.63) is 0 Å². The van der Waals surface area contributed by atoms with Gasteiger partial charge in [-0.1, -0.05) is 0 Å². The summed E-state index contributed by atoms with van der Waals surface area (Å²) in [5.74, 6) is -0.261. The van der Waals surface area contributed by atoms with E-state index >= 15 is 0 Å². The summed E-state index contributed by atoms with van der Waals surface area (Å²) in [6, 6.07) is -0.522. The standard InChI is InChI=1S/C8H15N3O2/c1-6(9)8(13)11-4-2-3-10-7(12)5-11/h6H,2-5,9H2,1H3,(H,10,12). The van der Waals surface area contributed by atoms with Crippen molar-refractivity contribution in [2.75, 3.05) is 19.6 Å². The Kier molecular flexibility index (Phi) is 3.25. The second-order valence-electron chi connectivity index (χ2n) is 3.25. The summed E-state index contributed by atoms with van der Waals surface area (Å²) >= 11 is 0. The van der Waals surface area contributed by atoms with E-state index in [1.54, 1.807) is 6.92 Å². The van der Waals surface area contributed by atoms with Crippen molar-refractivity contribution in [3.8, 4) is 0 Å². The normalized spacial score (nSPS) is 20.5. The number of nitrogens with zero attached hydrogens (tertiary/aromatic N) is 1. The molecule has 0 aromatic carbocycles. The Bertz CT molecular complexity index is 215. The van der Waals surface area contributed by atoms with Crippen LogP contribution in [-0.4, -0.2) is 42.4 Å². The van der Waals surface area contributed by atoms with Gasteiger partial charge in [0.25, 0.3) is 0 Å². The molecule has 0 bridgehead atoms. The van der Waals surface area contributed by atoms with Crippen molar-refractivity contribution in [3.63, 3.8) is 0 Å². The molecule has 1 fully saturated rings. The molecule has 0 radical (unpaired) electrons. The molecule has 2 amide bonds. The lowest BCUT2D eigenvalue weighted by Crippen LogP contribution is -2.44. The Morgan fingerprint density at radius 3 is 3.00 bits per heavy atom. The largest absolute Gasteiger partial charge is 0.354 e. The molecule has 1 unspecified atom stereocenters. The fourth-order valence-corrected chi connectivity index (χ4v) is 1.28. The second-order valence-corrected chi connectivity index (χ2v) is 3.25. The van der Waals surface area contributed by atoms with Crippen LogP contribution in [0.4, 0.5) is 0 Å². The average molecular weight is 185 g/mol. The molecule has 74 valence electrons. The maximum absolute atomic E-state index is 11.4. The Morgan fingerprint density at radius 2 is 2.38 bits per heavy atom. The van der Waals surface area contributed by atoms with Gasteiger partial charge in [-0.15, -0.1) is 0 Å². The minimum absolute atomic E-state index is 0.105. The Morgan fingerprint density at radius 1 is 1.69 bits per heavy atom. The van der Waals surface area contributed by atoms with Crippen LogP contribution in [0.25, 0.3) is 0 Å². The summed E-state index contributed by atoms with van der Waals surface area (Å²) in [5, 5.41) is 2.69. The van der Waals surface area contributed by atoms with Crippen LogP contribution in [0.3, 0.4) is 0 Å². The van der Waals surface area contributed by atoms with E-state index < -0.39 is 6.04 Å². The highest BCUT2D eigenvalue weighted by Crippen LogP contribution is 1.98. The van der Waals surface area contributed by atoms with Gasteiger partial charge in [0.1, 0.15) is 0 Å². The van der Waals surface area contributed by atoms with Gasteiger partial charge in [0.15, 0.2) is 0 Å². The van der Waals surface area contributed by atoms with E-state index in [1.165, 1.54) is 4.90 Å². The van der Waals surface area contributed by atoms with Gasteiger partial charge in [0, 0.05) is 13.1 Å². The van der Waals surface area contributed by atoms with Gasteiger partial charge in [0.05, 0.1) is 12.6 Å². The lowest BCUT2D eigenvalue weighted by Gasteiger charge is -2.20. The molecule has 5 heteroatoms. The molecule has 0 spiro atoms. The van der Waals surface area contributed by atoms with Crippen LogP contribution in [0.2, 0.25) is 0 Å². The monoisotopic (exact) mass is 185 g/mol. The number of amides is 2. The average Bonchev–Trinajstić information content (AvgIpc) is 2.28. The van der Waals surface area contributed by atoms with Gasteiger partial charge >= 0.3 is 0 Å². The van der Waals surface area contributed by atoms with Crippen LogP contribution < -0.4 is 11.1 Å². The smallest absolute Gasteiger partial charge is 0.239 e. The highest BCUT2D eigenvalue weighted by Gasteiger charge is 2.21. The molecule has 0 aliphatic carbocycles. The second kappa shape index (κ2) is 4.23. The van der Waals surface area contributed by atoms with Crippen LogP contribution in [0.15, 0.2) is 0 Å². The van der Waals surface area contributed by atoms with Gasteiger partial charge in [-0.25, -0.2) is 0 Å². The zero-order chi connectivity index (χ0) is 9.84. The van der Waals surface area contributed by atoms with E-state index in [0.717, 1.165) is 6.42 Å². The first-order chi connectivity index (χ1) is 6.11. The number of carbonyl (C=O) groups is 2. The number of nitrogens with two attached hydrogens (primary N) is 1. The molecule has 1 heterocycles. The zero-order valence-electron chi connectivity index (χ0n) is 7.75. The summed E-state index contributed by atoms with van der Waals surface area (Å²) in [6.07, 6.45) is 0.796. The third-order valence-corrected chi connectivity index (χ3v) is 1.96. The quantitative estimate of drug-likeness (QED) is 0.532. The van der Waals surface area contributed by atoms with Gasteiger partial charge in [-0.3, -0.25) is 9.59 Å². The molecule has 0 aromatic rings. The van der Waals surface area contributed by atoms with Crippen molar-refractivity contribution in [2.45, 2.75) is 19.4 Å². The molecule has 1 aliphatic rings. The molecule has 5 nitrogen and oxygen atoms in total. The number of rotatable bonds is 1. The van der Waals surface area contributed by atoms with Crippen molar-refractivity contribution in [2.24, 2.45) is 5.73 Å². The van der Waals surface area contributed by atoms with Crippen LogP contribution in [0.5, 0.6) is 0 Å². The summed E-state index contributed by atoms with van der Waals surface area (Å²) in [7, 11) is 0.